The average molecular weight is 565 g/mol. The standard InChI is InChI=1S/C23H25Cl4N3O3S/c24-18-5-4-6-19(25)17(18)15-28-9-11-29(12-10-28)23(31)16-13-22(21(27)14-20(16)26)34(32,33)30-7-2-1-3-8-30/h4-6,13-14H,1-3,7-12,15H2. The molecule has 2 saturated heterocycles. The van der Waals surface area contributed by atoms with Gasteiger partial charge in [0.2, 0.25) is 10.0 Å². The summed E-state index contributed by atoms with van der Waals surface area (Å²) in [4.78, 5) is 17.1. The van der Waals surface area contributed by atoms with E-state index in [1.54, 1.807) is 23.1 Å². The van der Waals surface area contributed by atoms with Gasteiger partial charge in [0.05, 0.1) is 15.6 Å². The van der Waals surface area contributed by atoms with Gasteiger partial charge in [-0.3, -0.25) is 9.69 Å². The summed E-state index contributed by atoms with van der Waals surface area (Å²) in [5, 5.41) is 1.38. The number of benzene rings is 2. The van der Waals surface area contributed by atoms with Crippen LogP contribution in [0.1, 0.15) is 35.2 Å². The number of hydrogen-bond acceptors (Lipinski definition) is 4. The quantitative estimate of drug-likeness (QED) is 0.485. The number of sulfonamides is 1. The lowest BCUT2D eigenvalue weighted by atomic mass is 10.1. The first kappa shape index (κ1) is 26.0. The highest BCUT2D eigenvalue weighted by Gasteiger charge is 2.31. The van der Waals surface area contributed by atoms with Crippen LogP contribution in [0, 0.1) is 0 Å². The van der Waals surface area contributed by atoms with Crippen molar-refractivity contribution in [1.82, 2.24) is 14.1 Å². The third kappa shape index (κ3) is 5.51. The van der Waals surface area contributed by atoms with Gasteiger partial charge in [-0.05, 0) is 37.1 Å². The number of piperidine rings is 1. The number of hydrogen-bond donors (Lipinski definition) is 0. The zero-order chi connectivity index (χ0) is 24.5. The Hall–Kier alpha value is -1.06. The zero-order valence-electron chi connectivity index (χ0n) is 18.4. The Bertz CT molecular complexity index is 1160. The van der Waals surface area contributed by atoms with E-state index in [2.05, 4.69) is 4.90 Å². The maximum absolute atomic E-state index is 13.3. The second kappa shape index (κ2) is 10.9. The molecule has 2 aliphatic rings. The smallest absolute Gasteiger partial charge is 0.255 e. The number of rotatable bonds is 5. The molecule has 11 heteroatoms. The largest absolute Gasteiger partial charge is 0.336 e. The Morgan fingerprint density at radius 3 is 2.03 bits per heavy atom. The minimum atomic E-state index is -3.81. The molecule has 0 aliphatic carbocycles. The molecule has 4 rings (SSSR count). The van der Waals surface area contributed by atoms with Gasteiger partial charge in [0.15, 0.2) is 0 Å². The first-order chi connectivity index (χ1) is 16.2. The molecule has 0 aromatic heterocycles. The van der Waals surface area contributed by atoms with Crippen LogP contribution in [-0.4, -0.2) is 67.7 Å². The van der Waals surface area contributed by atoms with E-state index in [-0.39, 0.29) is 26.4 Å². The van der Waals surface area contributed by atoms with Crippen LogP contribution in [0.15, 0.2) is 35.2 Å². The minimum Gasteiger partial charge on any atom is -0.336 e. The summed E-state index contributed by atoms with van der Waals surface area (Å²) in [5.41, 5.74) is 1.00. The first-order valence-corrected chi connectivity index (χ1v) is 14.1. The molecule has 0 atom stereocenters. The molecule has 2 aromatic carbocycles. The molecule has 0 saturated carbocycles. The van der Waals surface area contributed by atoms with Gasteiger partial charge < -0.3 is 4.90 Å². The van der Waals surface area contributed by atoms with Gasteiger partial charge in [0.25, 0.3) is 5.91 Å². The predicted octanol–water partition coefficient (Wildman–Crippen LogP) is 5.43. The highest BCUT2D eigenvalue weighted by Crippen LogP contribution is 2.33. The third-order valence-electron chi connectivity index (χ3n) is 6.29. The SMILES string of the molecule is O=C(c1cc(S(=O)(=O)N2CCCCC2)c(Cl)cc1Cl)N1CCN(Cc2c(Cl)cccc2Cl)CC1. The van der Waals surface area contributed by atoms with Crippen molar-refractivity contribution in [1.29, 1.82) is 0 Å². The van der Waals surface area contributed by atoms with Gasteiger partial charge in [-0.25, -0.2) is 8.42 Å². The fourth-order valence-corrected chi connectivity index (χ4v) is 7.18. The lowest BCUT2D eigenvalue weighted by molar-refractivity contribution is 0.0628. The summed E-state index contributed by atoms with van der Waals surface area (Å²) in [7, 11) is -3.81. The van der Waals surface area contributed by atoms with Crippen molar-refractivity contribution in [3.8, 4) is 0 Å². The van der Waals surface area contributed by atoms with E-state index in [0.717, 1.165) is 24.8 Å². The van der Waals surface area contributed by atoms with Gasteiger partial charge in [-0.1, -0.05) is 58.9 Å². The molecule has 2 aromatic rings. The molecule has 2 aliphatic heterocycles. The molecule has 2 fully saturated rings. The van der Waals surface area contributed by atoms with Crippen molar-refractivity contribution in [2.75, 3.05) is 39.3 Å². The average Bonchev–Trinajstić information content (AvgIpc) is 2.82. The van der Waals surface area contributed by atoms with Crippen molar-refractivity contribution in [3.05, 3.63) is 61.5 Å². The van der Waals surface area contributed by atoms with Gasteiger partial charge in [-0.15, -0.1) is 0 Å². The van der Waals surface area contributed by atoms with Crippen molar-refractivity contribution in [2.24, 2.45) is 0 Å². The van der Waals surface area contributed by atoms with Crippen LogP contribution in [0.5, 0.6) is 0 Å². The predicted molar refractivity (Wildman–Crippen MR) is 137 cm³/mol. The van der Waals surface area contributed by atoms with Gasteiger partial charge >= 0.3 is 0 Å². The second-order valence-electron chi connectivity index (χ2n) is 8.50. The van der Waals surface area contributed by atoms with Crippen LogP contribution in [0.2, 0.25) is 20.1 Å². The van der Waals surface area contributed by atoms with Crippen LogP contribution >= 0.6 is 46.4 Å². The maximum atomic E-state index is 13.3. The number of halogens is 4. The molecule has 0 spiro atoms. The second-order valence-corrected chi connectivity index (χ2v) is 12.0. The van der Waals surface area contributed by atoms with Gasteiger partial charge in [0.1, 0.15) is 4.90 Å². The third-order valence-corrected chi connectivity index (χ3v) is 9.67. The Morgan fingerprint density at radius 1 is 0.794 bits per heavy atom. The number of nitrogens with zero attached hydrogens (tertiary/aromatic N) is 3. The van der Waals surface area contributed by atoms with E-state index in [1.807, 2.05) is 0 Å². The van der Waals surface area contributed by atoms with Crippen LogP contribution in [0.4, 0.5) is 0 Å². The van der Waals surface area contributed by atoms with Crippen molar-refractivity contribution in [2.45, 2.75) is 30.7 Å². The van der Waals surface area contributed by atoms with E-state index in [9.17, 15) is 13.2 Å². The molecule has 0 N–H and O–H groups in total. The molecular weight excluding hydrogens is 540 g/mol. The molecule has 0 radical (unpaired) electrons. The number of carbonyl (C=O) groups is 1. The summed E-state index contributed by atoms with van der Waals surface area (Å²) in [5.74, 6) is -0.313. The maximum Gasteiger partial charge on any atom is 0.255 e. The minimum absolute atomic E-state index is 0.0218. The van der Waals surface area contributed by atoms with Crippen LogP contribution in [0.25, 0.3) is 0 Å². The molecule has 6 nitrogen and oxygen atoms in total. The molecule has 1 amide bonds. The van der Waals surface area contributed by atoms with Crippen LogP contribution in [0.3, 0.4) is 0 Å². The Morgan fingerprint density at radius 2 is 1.41 bits per heavy atom. The van der Waals surface area contributed by atoms with Gasteiger partial charge in [-0.2, -0.15) is 4.31 Å². The number of amides is 1. The summed E-state index contributed by atoms with van der Waals surface area (Å²) in [6.07, 6.45) is 2.61. The van der Waals surface area contributed by atoms with E-state index >= 15 is 0 Å². The molecule has 0 bridgehead atoms. The Balaban J connectivity index is 1.49. The van der Waals surface area contributed by atoms with Crippen LogP contribution < -0.4 is 0 Å². The summed E-state index contributed by atoms with van der Waals surface area (Å²) < 4.78 is 27.8. The fourth-order valence-electron chi connectivity index (χ4n) is 4.32. The summed E-state index contributed by atoms with van der Waals surface area (Å²) >= 11 is 25.2. The normalized spacial score (nSPS) is 18.3. The van der Waals surface area contributed by atoms with Crippen molar-refractivity contribution < 1.29 is 13.2 Å². The Labute approximate surface area is 220 Å². The number of piperazine rings is 1. The highest BCUT2D eigenvalue weighted by molar-refractivity contribution is 7.89. The molecule has 0 unspecified atom stereocenters. The number of carbonyl (C=O) groups excluding carboxylic acids is 1. The lowest BCUT2D eigenvalue weighted by Crippen LogP contribution is -2.48. The van der Waals surface area contributed by atoms with E-state index in [0.29, 0.717) is 55.9 Å². The summed E-state index contributed by atoms with van der Waals surface area (Å²) in [6.45, 7) is 3.65. The molecular formula is C23H25Cl4N3O3S. The lowest BCUT2D eigenvalue weighted by Gasteiger charge is -2.35. The zero-order valence-corrected chi connectivity index (χ0v) is 22.3. The van der Waals surface area contributed by atoms with Crippen molar-refractivity contribution in [3.63, 3.8) is 0 Å². The van der Waals surface area contributed by atoms with E-state index < -0.39 is 10.0 Å². The van der Waals surface area contributed by atoms with E-state index in [4.69, 9.17) is 46.4 Å². The highest BCUT2D eigenvalue weighted by atomic mass is 35.5. The topological polar surface area (TPSA) is 60.9 Å². The van der Waals surface area contributed by atoms with Crippen LogP contribution in [-0.2, 0) is 16.6 Å². The first-order valence-electron chi connectivity index (χ1n) is 11.1. The van der Waals surface area contributed by atoms with Gasteiger partial charge in [0, 0.05) is 61.4 Å². The van der Waals surface area contributed by atoms with E-state index in [1.165, 1.54) is 16.4 Å². The molecule has 2 heterocycles. The fraction of sp³-hybridized carbons (Fsp3) is 0.435. The summed E-state index contributed by atoms with van der Waals surface area (Å²) in [6, 6.07) is 8.09. The molecule has 184 valence electrons. The molecule has 34 heavy (non-hydrogen) atoms. The van der Waals surface area contributed by atoms with Crippen molar-refractivity contribution >= 4 is 62.3 Å². The monoisotopic (exact) mass is 563 g/mol. The Kier molecular flexibility index (Phi) is 8.35.